The third-order valence-corrected chi connectivity index (χ3v) is 5.01. The molecule has 0 aliphatic rings. The van der Waals surface area contributed by atoms with Crippen molar-refractivity contribution in [2.45, 2.75) is 34.1 Å². The zero-order chi connectivity index (χ0) is 18.8. The zero-order valence-electron chi connectivity index (χ0n) is 15.3. The van der Waals surface area contributed by atoms with Crippen molar-refractivity contribution in [3.05, 3.63) is 56.4 Å². The van der Waals surface area contributed by atoms with Crippen LogP contribution in [0, 0.1) is 20.8 Å². The first-order chi connectivity index (χ1) is 12.4. The third-order valence-electron chi connectivity index (χ3n) is 4.14. The van der Waals surface area contributed by atoms with E-state index in [2.05, 4.69) is 10.3 Å². The fourth-order valence-electron chi connectivity index (χ4n) is 2.77. The van der Waals surface area contributed by atoms with Crippen molar-refractivity contribution in [1.29, 1.82) is 0 Å². The first-order valence-electron chi connectivity index (χ1n) is 8.40. The van der Waals surface area contributed by atoms with Crippen molar-refractivity contribution in [2.75, 3.05) is 11.9 Å². The van der Waals surface area contributed by atoms with E-state index < -0.39 is 0 Å². The van der Waals surface area contributed by atoms with E-state index in [1.165, 1.54) is 11.3 Å². The number of carbonyl (C=O) groups excluding carboxylic acids is 1. The van der Waals surface area contributed by atoms with Crippen LogP contribution in [-0.2, 0) is 11.2 Å². The molecule has 1 N–H and O–H groups in total. The Morgan fingerprint density at radius 1 is 1.31 bits per heavy atom. The number of benzene rings is 1. The number of rotatable bonds is 5. The summed E-state index contributed by atoms with van der Waals surface area (Å²) in [6.45, 7) is 7.45. The molecule has 3 rings (SSSR count). The van der Waals surface area contributed by atoms with E-state index in [-0.39, 0.29) is 23.8 Å². The van der Waals surface area contributed by atoms with Gasteiger partial charge in [-0.2, -0.15) is 0 Å². The fourth-order valence-corrected chi connectivity index (χ4v) is 3.78. The molecular formula is C19H21N3O3S. The summed E-state index contributed by atoms with van der Waals surface area (Å²) >= 11 is 1.42. The molecule has 0 saturated heterocycles. The monoisotopic (exact) mass is 371 g/mol. The number of nitrogens with one attached hydrogen (secondary N) is 1. The van der Waals surface area contributed by atoms with Crippen LogP contribution in [0.5, 0.6) is 5.75 Å². The van der Waals surface area contributed by atoms with E-state index in [1.54, 1.807) is 11.3 Å². The van der Waals surface area contributed by atoms with Gasteiger partial charge in [0.05, 0.1) is 5.69 Å². The number of anilines is 1. The van der Waals surface area contributed by atoms with Gasteiger partial charge in [0.25, 0.3) is 11.5 Å². The van der Waals surface area contributed by atoms with E-state index in [0.29, 0.717) is 22.8 Å². The smallest absolute Gasteiger partial charge is 0.282 e. The number of hydrogen-bond acceptors (Lipinski definition) is 5. The Labute approximate surface area is 155 Å². The summed E-state index contributed by atoms with van der Waals surface area (Å²) in [4.78, 5) is 30.1. The van der Waals surface area contributed by atoms with Crippen molar-refractivity contribution < 1.29 is 9.53 Å². The molecule has 6 nitrogen and oxygen atoms in total. The minimum atomic E-state index is -0.389. The van der Waals surface area contributed by atoms with Crippen LogP contribution in [0.4, 0.5) is 5.69 Å². The lowest BCUT2D eigenvalue weighted by atomic mass is 10.1. The standard InChI is InChI=1S/C19H21N3O3S/c1-5-14-10-26-19-20-13(4)17(18(24)22(14)19)21-16(23)9-25-15-7-6-11(2)8-12(15)3/h6-8,10H,5,9H2,1-4H3,(H,21,23). The number of hydrogen-bond donors (Lipinski definition) is 1. The fraction of sp³-hybridized carbons (Fsp3) is 0.316. The Bertz CT molecular complexity index is 1040. The number of carbonyl (C=O) groups is 1. The Kier molecular flexibility index (Phi) is 5.08. The first kappa shape index (κ1) is 18.1. The molecule has 1 amide bonds. The maximum Gasteiger partial charge on any atom is 0.282 e. The highest BCUT2D eigenvalue weighted by Gasteiger charge is 2.16. The molecule has 0 atom stereocenters. The lowest BCUT2D eigenvalue weighted by Crippen LogP contribution is -2.28. The van der Waals surface area contributed by atoms with E-state index in [4.69, 9.17) is 4.74 Å². The van der Waals surface area contributed by atoms with Crippen molar-refractivity contribution >= 4 is 27.9 Å². The van der Waals surface area contributed by atoms with Gasteiger partial charge in [-0.25, -0.2) is 4.98 Å². The maximum absolute atomic E-state index is 12.8. The molecule has 0 fully saturated rings. The summed E-state index contributed by atoms with van der Waals surface area (Å²) in [5.41, 5.74) is 3.41. The molecule has 1 aromatic carbocycles. The van der Waals surface area contributed by atoms with Crippen LogP contribution in [-0.4, -0.2) is 21.9 Å². The van der Waals surface area contributed by atoms with Gasteiger partial charge in [0.1, 0.15) is 11.4 Å². The molecule has 0 aliphatic carbocycles. The zero-order valence-corrected chi connectivity index (χ0v) is 16.1. The highest BCUT2D eigenvalue weighted by atomic mass is 32.1. The van der Waals surface area contributed by atoms with Gasteiger partial charge >= 0.3 is 0 Å². The van der Waals surface area contributed by atoms with Crippen molar-refractivity contribution in [3.8, 4) is 5.75 Å². The highest BCUT2D eigenvalue weighted by Crippen LogP contribution is 2.19. The predicted octanol–water partition coefficient (Wildman–Crippen LogP) is 3.26. The van der Waals surface area contributed by atoms with Gasteiger partial charge in [-0.1, -0.05) is 24.6 Å². The van der Waals surface area contributed by atoms with Crippen LogP contribution in [0.2, 0.25) is 0 Å². The lowest BCUT2D eigenvalue weighted by Gasteiger charge is -2.11. The van der Waals surface area contributed by atoms with Crippen LogP contribution in [0.3, 0.4) is 0 Å². The molecule has 2 heterocycles. The van der Waals surface area contributed by atoms with Crippen molar-refractivity contribution in [2.24, 2.45) is 0 Å². The Balaban J connectivity index is 1.80. The average Bonchev–Trinajstić information content (AvgIpc) is 3.00. The van der Waals surface area contributed by atoms with Crippen LogP contribution in [0.1, 0.15) is 29.4 Å². The van der Waals surface area contributed by atoms with E-state index in [1.807, 2.05) is 44.4 Å². The largest absolute Gasteiger partial charge is 0.483 e. The molecule has 136 valence electrons. The molecule has 7 heteroatoms. The second kappa shape index (κ2) is 7.29. The van der Waals surface area contributed by atoms with Gasteiger partial charge in [-0.05, 0) is 38.8 Å². The number of nitrogens with zero attached hydrogens (tertiary/aromatic N) is 2. The Morgan fingerprint density at radius 3 is 2.77 bits per heavy atom. The van der Waals surface area contributed by atoms with Crippen LogP contribution >= 0.6 is 11.3 Å². The quantitative estimate of drug-likeness (QED) is 0.747. The summed E-state index contributed by atoms with van der Waals surface area (Å²) < 4.78 is 7.14. The lowest BCUT2D eigenvalue weighted by molar-refractivity contribution is -0.118. The second-order valence-corrected chi connectivity index (χ2v) is 7.02. The molecule has 0 aliphatic heterocycles. The second-order valence-electron chi connectivity index (χ2n) is 6.18. The van der Waals surface area contributed by atoms with Gasteiger partial charge in [-0.3, -0.25) is 14.0 Å². The summed E-state index contributed by atoms with van der Waals surface area (Å²) in [7, 11) is 0. The van der Waals surface area contributed by atoms with Gasteiger partial charge in [-0.15, -0.1) is 11.3 Å². The molecular weight excluding hydrogens is 350 g/mol. The molecule has 2 aromatic heterocycles. The SMILES string of the molecule is CCc1csc2nc(C)c(NC(=O)COc3ccc(C)cc3C)c(=O)n12. The first-order valence-corrected chi connectivity index (χ1v) is 9.28. The summed E-state index contributed by atoms with van der Waals surface area (Å²) in [5, 5.41) is 4.57. The number of fused-ring (bicyclic) bond motifs is 1. The minimum Gasteiger partial charge on any atom is -0.483 e. The normalized spacial score (nSPS) is 10.9. The predicted molar refractivity (Wildman–Crippen MR) is 103 cm³/mol. The molecule has 0 bridgehead atoms. The van der Waals surface area contributed by atoms with Crippen molar-refractivity contribution in [1.82, 2.24) is 9.38 Å². The molecule has 0 radical (unpaired) electrons. The van der Waals surface area contributed by atoms with E-state index >= 15 is 0 Å². The number of amides is 1. The molecule has 0 saturated carbocycles. The van der Waals surface area contributed by atoms with E-state index in [9.17, 15) is 9.59 Å². The van der Waals surface area contributed by atoms with Gasteiger partial charge in [0.2, 0.25) is 0 Å². The number of ether oxygens (including phenoxy) is 1. The molecule has 26 heavy (non-hydrogen) atoms. The number of aromatic nitrogens is 2. The summed E-state index contributed by atoms with van der Waals surface area (Å²) in [5.74, 6) is 0.263. The van der Waals surface area contributed by atoms with Gasteiger partial charge in [0, 0.05) is 11.1 Å². The minimum absolute atomic E-state index is 0.171. The Hall–Kier alpha value is -2.67. The highest BCUT2D eigenvalue weighted by molar-refractivity contribution is 7.15. The third kappa shape index (κ3) is 3.48. The Morgan fingerprint density at radius 2 is 2.08 bits per heavy atom. The number of aryl methyl sites for hydroxylation is 4. The van der Waals surface area contributed by atoms with Crippen LogP contribution < -0.4 is 15.6 Å². The summed E-state index contributed by atoms with van der Waals surface area (Å²) in [6.07, 6.45) is 0.716. The van der Waals surface area contributed by atoms with Crippen molar-refractivity contribution in [3.63, 3.8) is 0 Å². The maximum atomic E-state index is 12.8. The van der Waals surface area contributed by atoms with Gasteiger partial charge < -0.3 is 10.1 Å². The van der Waals surface area contributed by atoms with Crippen LogP contribution in [0.25, 0.3) is 4.96 Å². The molecule has 0 unspecified atom stereocenters. The molecule has 0 spiro atoms. The van der Waals surface area contributed by atoms with E-state index in [0.717, 1.165) is 16.8 Å². The van der Waals surface area contributed by atoms with Gasteiger partial charge in [0.15, 0.2) is 11.6 Å². The topological polar surface area (TPSA) is 72.7 Å². The number of thiazole rings is 1. The average molecular weight is 371 g/mol. The van der Waals surface area contributed by atoms with Crippen LogP contribution in [0.15, 0.2) is 28.4 Å². The summed E-state index contributed by atoms with van der Waals surface area (Å²) in [6, 6.07) is 5.76. The molecule has 3 aromatic rings.